The molecule has 1 aliphatic rings. The van der Waals surface area contributed by atoms with E-state index in [4.69, 9.17) is 4.74 Å². The lowest BCUT2D eigenvalue weighted by molar-refractivity contribution is -0.0763. The number of benzene rings is 1. The molecule has 0 radical (unpaired) electrons. The molecule has 2 heterocycles. The Labute approximate surface area is 212 Å². The van der Waals surface area contributed by atoms with Gasteiger partial charge >= 0.3 is 0 Å². The Hall–Kier alpha value is -1.92. The van der Waals surface area contributed by atoms with Gasteiger partial charge in [0.25, 0.3) is 0 Å². The molecular weight excluding hydrogens is 434 g/mol. The minimum atomic E-state index is -0.630. The predicted octanol–water partition coefficient (Wildman–Crippen LogP) is 4.96. The van der Waals surface area contributed by atoms with E-state index in [1.165, 1.54) is 27.8 Å². The highest BCUT2D eigenvalue weighted by Gasteiger charge is 2.31. The number of fused-ring (bicyclic) bond motifs is 1. The molecule has 0 amide bonds. The van der Waals surface area contributed by atoms with Gasteiger partial charge in [-0.15, -0.1) is 6.58 Å². The smallest absolute Gasteiger partial charge is 0.0883 e. The van der Waals surface area contributed by atoms with Crippen LogP contribution in [0.25, 0.3) is 10.9 Å². The van der Waals surface area contributed by atoms with Crippen molar-refractivity contribution in [2.75, 3.05) is 20.2 Å². The van der Waals surface area contributed by atoms with E-state index in [0.29, 0.717) is 18.5 Å². The summed E-state index contributed by atoms with van der Waals surface area (Å²) in [4.78, 5) is 3.80. The first-order valence-corrected chi connectivity index (χ1v) is 13.0. The summed E-state index contributed by atoms with van der Waals surface area (Å²) in [6.45, 7) is 20.9. The van der Waals surface area contributed by atoms with Gasteiger partial charge in [-0.1, -0.05) is 37.6 Å². The van der Waals surface area contributed by atoms with Crippen LogP contribution in [-0.2, 0) is 29.4 Å². The highest BCUT2D eigenvalue weighted by Crippen LogP contribution is 2.36. The van der Waals surface area contributed by atoms with Gasteiger partial charge in [-0.2, -0.15) is 0 Å². The van der Waals surface area contributed by atoms with E-state index in [1.54, 1.807) is 7.11 Å². The summed E-state index contributed by atoms with van der Waals surface area (Å²) in [5.41, 5.74) is 6.55. The van der Waals surface area contributed by atoms with Crippen LogP contribution in [0.1, 0.15) is 70.9 Å². The van der Waals surface area contributed by atoms with Gasteiger partial charge in [-0.3, -0.25) is 0 Å². The third-order valence-corrected chi connectivity index (χ3v) is 7.68. The molecule has 35 heavy (non-hydrogen) atoms. The van der Waals surface area contributed by atoms with Crippen LogP contribution in [0.2, 0.25) is 0 Å². The Morgan fingerprint density at radius 3 is 2.49 bits per heavy atom. The fourth-order valence-electron chi connectivity index (χ4n) is 4.77. The van der Waals surface area contributed by atoms with Crippen molar-refractivity contribution in [1.29, 1.82) is 0 Å². The van der Waals surface area contributed by atoms with E-state index in [-0.39, 0.29) is 5.41 Å². The van der Waals surface area contributed by atoms with E-state index >= 15 is 0 Å². The number of H-pyrrole nitrogens is 1. The van der Waals surface area contributed by atoms with Crippen LogP contribution >= 0.6 is 0 Å². The second kappa shape index (κ2) is 11.0. The summed E-state index contributed by atoms with van der Waals surface area (Å²) in [6.07, 6.45) is 6.01. The van der Waals surface area contributed by atoms with E-state index in [9.17, 15) is 5.11 Å². The first-order chi connectivity index (χ1) is 16.4. The fourth-order valence-corrected chi connectivity index (χ4v) is 4.77. The standard InChI is InChI=1S/C30H47N3O2/c1-10-29(5,6)28-25(16-23-18-31-20(4)17-32-23)24-14-21(12-11-19(2)3)13-22(27(24)33-28)15-26(34)30(7,8)35-9/h10-11,13-14,20,23,26,31-34H,1,12,15-18H2,2-9H3. The zero-order valence-electron chi connectivity index (χ0n) is 23.1. The number of rotatable bonds is 10. The Balaban J connectivity index is 2.18. The zero-order valence-corrected chi connectivity index (χ0v) is 23.1. The molecule has 3 rings (SSSR count). The fraction of sp³-hybridized carbons (Fsp3) is 0.600. The Bertz CT molecular complexity index is 1050. The molecule has 2 aromatic rings. The van der Waals surface area contributed by atoms with Gasteiger partial charge in [0.15, 0.2) is 0 Å². The number of ether oxygens (including phenoxy) is 1. The molecule has 1 aromatic carbocycles. The summed E-state index contributed by atoms with van der Waals surface area (Å²) in [7, 11) is 1.66. The van der Waals surface area contributed by atoms with Crippen LogP contribution in [0, 0.1) is 0 Å². The van der Waals surface area contributed by atoms with Crippen molar-refractivity contribution in [3.8, 4) is 0 Å². The number of aromatic nitrogens is 1. The molecule has 3 unspecified atom stereocenters. The van der Waals surface area contributed by atoms with E-state index in [1.807, 2.05) is 19.9 Å². The average Bonchev–Trinajstić information content (AvgIpc) is 3.18. The van der Waals surface area contributed by atoms with Gasteiger partial charge in [-0.05, 0) is 70.2 Å². The number of piperazine rings is 1. The van der Waals surface area contributed by atoms with Crippen LogP contribution in [0.4, 0.5) is 0 Å². The lowest BCUT2D eigenvalue weighted by atomic mass is 9.84. The lowest BCUT2D eigenvalue weighted by Gasteiger charge is -2.30. The lowest BCUT2D eigenvalue weighted by Crippen LogP contribution is -2.54. The highest BCUT2D eigenvalue weighted by atomic mass is 16.5. The van der Waals surface area contributed by atoms with E-state index in [0.717, 1.165) is 37.0 Å². The van der Waals surface area contributed by atoms with Crippen molar-refractivity contribution in [2.24, 2.45) is 0 Å². The van der Waals surface area contributed by atoms with Gasteiger partial charge in [0, 0.05) is 60.7 Å². The number of allylic oxidation sites excluding steroid dienone is 3. The average molecular weight is 482 g/mol. The number of hydrogen-bond acceptors (Lipinski definition) is 4. The van der Waals surface area contributed by atoms with Crippen molar-refractivity contribution in [1.82, 2.24) is 15.6 Å². The topological polar surface area (TPSA) is 69.3 Å². The summed E-state index contributed by atoms with van der Waals surface area (Å²) in [5.74, 6) is 0. The normalized spacial score (nSPS) is 20.1. The van der Waals surface area contributed by atoms with Gasteiger partial charge in [0.1, 0.15) is 0 Å². The number of methoxy groups -OCH3 is 1. The molecule has 5 nitrogen and oxygen atoms in total. The van der Waals surface area contributed by atoms with Crippen LogP contribution in [0.5, 0.6) is 0 Å². The monoisotopic (exact) mass is 481 g/mol. The van der Waals surface area contributed by atoms with Crippen molar-refractivity contribution in [3.05, 3.63) is 58.8 Å². The summed E-state index contributed by atoms with van der Waals surface area (Å²) in [5, 5.41) is 19.7. The molecule has 194 valence electrons. The number of aliphatic hydroxyl groups excluding tert-OH is 1. The Morgan fingerprint density at radius 2 is 1.91 bits per heavy atom. The van der Waals surface area contributed by atoms with Crippen LogP contribution in [0.3, 0.4) is 0 Å². The number of aliphatic hydroxyl groups is 1. The van der Waals surface area contributed by atoms with Gasteiger partial charge in [0.2, 0.25) is 0 Å². The molecule has 5 heteroatoms. The van der Waals surface area contributed by atoms with Crippen LogP contribution in [-0.4, -0.2) is 54.1 Å². The summed E-state index contributed by atoms with van der Waals surface area (Å²) < 4.78 is 5.60. The second-order valence-corrected chi connectivity index (χ2v) is 11.7. The highest BCUT2D eigenvalue weighted by molar-refractivity contribution is 5.89. The van der Waals surface area contributed by atoms with Gasteiger partial charge in [0.05, 0.1) is 11.7 Å². The maximum atomic E-state index is 11.1. The molecule has 0 saturated carbocycles. The molecule has 1 aromatic heterocycles. The Morgan fingerprint density at radius 1 is 1.20 bits per heavy atom. The molecule has 0 aliphatic carbocycles. The third kappa shape index (κ3) is 6.45. The van der Waals surface area contributed by atoms with Crippen LogP contribution in [0.15, 0.2) is 36.4 Å². The van der Waals surface area contributed by atoms with E-state index in [2.05, 4.69) is 75.0 Å². The first-order valence-electron chi connectivity index (χ1n) is 13.0. The summed E-state index contributed by atoms with van der Waals surface area (Å²) in [6, 6.07) is 5.46. The molecule has 0 bridgehead atoms. The minimum absolute atomic E-state index is 0.203. The van der Waals surface area contributed by atoms with Crippen molar-refractivity contribution in [3.63, 3.8) is 0 Å². The zero-order chi connectivity index (χ0) is 26.0. The first kappa shape index (κ1) is 27.7. The number of aromatic amines is 1. The maximum Gasteiger partial charge on any atom is 0.0883 e. The van der Waals surface area contributed by atoms with Gasteiger partial charge < -0.3 is 25.5 Å². The quantitative estimate of drug-likeness (QED) is 0.362. The maximum absolute atomic E-state index is 11.1. The van der Waals surface area contributed by atoms with Crippen molar-refractivity contribution < 1.29 is 9.84 Å². The van der Waals surface area contributed by atoms with Crippen molar-refractivity contribution in [2.45, 2.75) is 96.9 Å². The predicted molar refractivity (Wildman–Crippen MR) is 148 cm³/mol. The number of nitrogens with one attached hydrogen (secondary N) is 3. The summed E-state index contributed by atoms with van der Waals surface area (Å²) >= 11 is 0. The van der Waals surface area contributed by atoms with Crippen LogP contribution < -0.4 is 10.6 Å². The molecule has 1 fully saturated rings. The van der Waals surface area contributed by atoms with Crippen molar-refractivity contribution >= 4 is 10.9 Å². The largest absolute Gasteiger partial charge is 0.390 e. The Kier molecular flexibility index (Phi) is 8.69. The van der Waals surface area contributed by atoms with E-state index < -0.39 is 11.7 Å². The number of hydrogen-bond donors (Lipinski definition) is 4. The molecule has 0 spiro atoms. The molecular formula is C30H47N3O2. The molecule has 3 atom stereocenters. The third-order valence-electron chi connectivity index (χ3n) is 7.68. The molecule has 1 aliphatic heterocycles. The SMILES string of the molecule is C=CC(C)(C)c1[nH]c2c(CC(O)C(C)(C)OC)cc(CC=C(C)C)cc2c1CC1CNC(C)CN1. The second-order valence-electron chi connectivity index (χ2n) is 11.7. The molecule has 1 saturated heterocycles. The molecule has 4 N–H and O–H groups in total. The minimum Gasteiger partial charge on any atom is -0.390 e. The van der Waals surface area contributed by atoms with Gasteiger partial charge in [-0.25, -0.2) is 0 Å².